The van der Waals surface area contributed by atoms with Gasteiger partial charge in [-0.2, -0.15) is 12.6 Å². The quantitative estimate of drug-likeness (QED) is 0.615. The van der Waals surface area contributed by atoms with Gasteiger partial charge in [-0.05, 0) is 25.9 Å². The van der Waals surface area contributed by atoms with Gasteiger partial charge in [0.05, 0.1) is 5.75 Å². The van der Waals surface area contributed by atoms with Crippen molar-refractivity contribution in [2.45, 2.75) is 12.8 Å². The molecule has 12 heavy (non-hydrogen) atoms. The van der Waals surface area contributed by atoms with E-state index in [0.717, 1.165) is 13.1 Å². The van der Waals surface area contributed by atoms with Gasteiger partial charge in [0, 0.05) is 13.1 Å². The molecule has 0 aromatic rings. The summed E-state index contributed by atoms with van der Waals surface area (Å²) < 4.78 is 0. The minimum atomic E-state index is 0.0255. The molecule has 1 rings (SSSR count). The predicted octanol–water partition coefficient (Wildman–Crippen LogP) is 0.128. The van der Waals surface area contributed by atoms with Crippen LogP contribution >= 0.6 is 12.6 Å². The molecule has 1 saturated heterocycles. The number of thiol groups is 1. The zero-order valence-electron chi connectivity index (χ0n) is 7.25. The molecule has 1 heterocycles. The largest absolute Gasteiger partial charge is 0.354 e. The van der Waals surface area contributed by atoms with Gasteiger partial charge in [0.1, 0.15) is 0 Å². The van der Waals surface area contributed by atoms with E-state index in [0.29, 0.717) is 5.75 Å². The Labute approximate surface area is 78.9 Å². The molecule has 1 amide bonds. The van der Waals surface area contributed by atoms with Gasteiger partial charge in [0.15, 0.2) is 0 Å². The molecule has 3 nitrogen and oxygen atoms in total. The van der Waals surface area contributed by atoms with Gasteiger partial charge >= 0.3 is 0 Å². The summed E-state index contributed by atoms with van der Waals surface area (Å²) >= 11 is 3.87. The predicted molar refractivity (Wildman–Crippen MR) is 52.5 cm³/mol. The maximum Gasteiger partial charge on any atom is 0.229 e. The van der Waals surface area contributed by atoms with Crippen LogP contribution in [0.4, 0.5) is 0 Å². The van der Waals surface area contributed by atoms with Crippen LogP contribution in [0.2, 0.25) is 0 Å². The molecule has 0 radical (unpaired) electrons. The fourth-order valence-electron chi connectivity index (χ4n) is 1.42. The number of likely N-dealkylation sites (tertiary alicyclic amines) is 1. The van der Waals surface area contributed by atoms with Crippen LogP contribution in [0.15, 0.2) is 0 Å². The molecule has 0 unspecified atom stereocenters. The maximum atomic E-state index is 10.8. The lowest BCUT2D eigenvalue weighted by atomic mass is 10.4. The van der Waals surface area contributed by atoms with E-state index in [1.54, 1.807) is 0 Å². The van der Waals surface area contributed by atoms with Crippen LogP contribution in [0, 0.1) is 0 Å². The van der Waals surface area contributed by atoms with Crippen molar-refractivity contribution < 1.29 is 4.79 Å². The van der Waals surface area contributed by atoms with Crippen molar-refractivity contribution in [2.75, 3.05) is 31.9 Å². The summed E-state index contributed by atoms with van der Waals surface area (Å²) in [6.07, 6.45) is 2.61. The van der Waals surface area contributed by atoms with Crippen LogP contribution in [0.25, 0.3) is 0 Å². The fraction of sp³-hybridized carbons (Fsp3) is 0.875. The molecule has 0 aliphatic carbocycles. The van der Waals surface area contributed by atoms with E-state index in [2.05, 4.69) is 22.8 Å². The molecule has 0 saturated carbocycles. The second-order valence-corrected chi connectivity index (χ2v) is 3.37. The van der Waals surface area contributed by atoms with E-state index in [1.807, 2.05) is 0 Å². The van der Waals surface area contributed by atoms with Gasteiger partial charge in [-0.3, -0.25) is 4.79 Å². The van der Waals surface area contributed by atoms with E-state index in [-0.39, 0.29) is 5.91 Å². The zero-order chi connectivity index (χ0) is 8.81. The molecule has 0 aromatic carbocycles. The SMILES string of the molecule is O=C(CS)NCCN1CCCC1. The zero-order valence-corrected chi connectivity index (χ0v) is 8.15. The van der Waals surface area contributed by atoms with Crippen LogP contribution in [0.5, 0.6) is 0 Å². The second-order valence-electron chi connectivity index (χ2n) is 3.06. The highest BCUT2D eigenvalue weighted by atomic mass is 32.1. The highest BCUT2D eigenvalue weighted by Gasteiger charge is 2.10. The summed E-state index contributed by atoms with van der Waals surface area (Å²) in [6.45, 7) is 4.13. The van der Waals surface area contributed by atoms with Crippen molar-refractivity contribution in [3.05, 3.63) is 0 Å². The normalized spacial score (nSPS) is 18.1. The molecule has 1 aliphatic rings. The van der Waals surface area contributed by atoms with E-state index in [4.69, 9.17) is 0 Å². The highest BCUT2D eigenvalue weighted by Crippen LogP contribution is 2.05. The molecule has 0 bridgehead atoms. The molecular weight excluding hydrogens is 172 g/mol. The molecule has 1 aliphatic heterocycles. The topological polar surface area (TPSA) is 32.3 Å². The third-order valence-corrected chi connectivity index (χ3v) is 2.38. The Morgan fingerprint density at radius 3 is 2.67 bits per heavy atom. The number of carbonyl (C=O) groups is 1. The Balaban J connectivity index is 1.97. The van der Waals surface area contributed by atoms with Gasteiger partial charge in [0.25, 0.3) is 0 Å². The van der Waals surface area contributed by atoms with Crippen molar-refractivity contribution in [3.8, 4) is 0 Å². The molecular formula is C8H16N2OS. The molecule has 0 aromatic heterocycles. The monoisotopic (exact) mass is 188 g/mol. The third-order valence-electron chi connectivity index (χ3n) is 2.09. The summed E-state index contributed by atoms with van der Waals surface area (Å²) in [7, 11) is 0. The minimum Gasteiger partial charge on any atom is -0.354 e. The molecule has 70 valence electrons. The summed E-state index contributed by atoms with van der Waals surface area (Å²) in [5.74, 6) is 0.317. The smallest absolute Gasteiger partial charge is 0.229 e. The number of rotatable bonds is 4. The number of nitrogens with zero attached hydrogens (tertiary/aromatic N) is 1. The molecule has 1 N–H and O–H groups in total. The fourth-order valence-corrected chi connectivity index (χ4v) is 1.53. The summed E-state index contributed by atoms with van der Waals surface area (Å²) in [4.78, 5) is 13.2. The van der Waals surface area contributed by atoms with Crippen LogP contribution in [0.3, 0.4) is 0 Å². The van der Waals surface area contributed by atoms with E-state index < -0.39 is 0 Å². The maximum absolute atomic E-state index is 10.8. The lowest BCUT2D eigenvalue weighted by Gasteiger charge is -2.14. The van der Waals surface area contributed by atoms with E-state index in [9.17, 15) is 4.79 Å². The molecule has 1 fully saturated rings. The average Bonchev–Trinajstić information content (AvgIpc) is 2.57. The van der Waals surface area contributed by atoms with E-state index in [1.165, 1.54) is 25.9 Å². The first-order valence-corrected chi connectivity index (χ1v) is 5.06. The second kappa shape index (κ2) is 5.43. The van der Waals surface area contributed by atoms with Gasteiger partial charge in [-0.15, -0.1) is 0 Å². The Hall–Kier alpha value is -0.220. The van der Waals surface area contributed by atoms with Crippen LogP contribution in [-0.2, 0) is 4.79 Å². The number of nitrogens with one attached hydrogen (secondary N) is 1. The summed E-state index contributed by atoms with van der Waals surface area (Å²) in [5, 5.41) is 2.80. The summed E-state index contributed by atoms with van der Waals surface area (Å²) in [5.41, 5.74) is 0. The molecule has 4 heteroatoms. The van der Waals surface area contributed by atoms with E-state index >= 15 is 0 Å². The molecule has 0 atom stereocenters. The van der Waals surface area contributed by atoms with Crippen molar-refractivity contribution in [3.63, 3.8) is 0 Å². The lowest BCUT2D eigenvalue weighted by Crippen LogP contribution is -2.33. The van der Waals surface area contributed by atoms with Crippen molar-refractivity contribution in [2.24, 2.45) is 0 Å². The van der Waals surface area contributed by atoms with Gasteiger partial charge in [0.2, 0.25) is 5.91 Å². The summed E-state index contributed by atoms with van der Waals surface area (Å²) in [6, 6.07) is 0. The van der Waals surface area contributed by atoms with Crippen LogP contribution in [0.1, 0.15) is 12.8 Å². The van der Waals surface area contributed by atoms with Crippen LogP contribution in [-0.4, -0.2) is 42.7 Å². The van der Waals surface area contributed by atoms with Crippen molar-refractivity contribution in [1.82, 2.24) is 10.2 Å². The minimum absolute atomic E-state index is 0.0255. The Morgan fingerprint density at radius 2 is 2.08 bits per heavy atom. The molecule has 0 spiro atoms. The van der Waals surface area contributed by atoms with Gasteiger partial charge < -0.3 is 10.2 Å². The van der Waals surface area contributed by atoms with Gasteiger partial charge in [-0.1, -0.05) is 0 Å². The highest BCUT2D eigenvalue weighted by molar-refractivity contribution is 7.81. The average molecular weight is 188 g/mol. The first kappa shape index (κ1) is 9.86. The number of carbonyl (C=O) groups excluding carboxylic acids is 1. The standard InChI is InChI=1S/C8H16N2OS/c11-8(7-12)9-3-6-10-4-1-2-5-10/h12H,1-7H2,(H,9,11). The van der Waals surface area contributed by atoms with Crippen molar-refractivity contribution >= 4 is 18.5 Å². The number of hydrogen-bond acceptors (Lipinski definition) is 3. The third kappa shape index (κ3) is 3.45. The Morgan fingerprint density at radius 1 is 1.42 bits per heavy atom. The van der Waals surface area contributed by atoms with Crippen LogP contribution < -0.4 is 5.32 Å². The Kier molecular flexibility index (Phi) is 4.46. The van der Waals surface area contributed by atoms with Gasteiger partial charge in [-0.25, -0.2) is 0 Å². The Bertz CT molecular complexity index is 146. The number of amides is 1. The number of hydrogen-bond donors (Lipinski definition) is 2. The first-order valence-electron chi connectivity index (χ1n) is 4.43. The van der Waals surface area contributed by atoms with Crippen molar-refractivity contribution in [1.29, 1.82) is 0 Å². The first-order chi connectivity index (χ1) is 5.83. The lowest BCUT2D eigenvalue weighted by molar-refractivity contribution is -0.118.